The molecule has 0 saturated heterocycles. The molecule has 0 saturated carbocycles. The molecule has 0 spiro atoms. The number of nitrogens with zero attached hydrogens (tertiary/aromatic N) is 1. The number of hydrogen-bond donors (Lipinski definition) is 2. The fraction of sp³-hybridized carbons (Fsp3) is 0.100. The minimum atomic E-state index is -1.13. The quantitative estimate of drug-likeness (QED) is 0.817. The third-order valence-corrected chi connectivity index (χ3v) is 3.42. The van der Waals surface area contributed by atoms with Gasteiger partial charge in [0.05, 0.1) is 5.75 Å². The van der Waals surface area contributed by atoms with Crippen molar-refractivity contribution in [2.24, 2.45) is 0 Å². The molecule has 1 amide bonds. The molecule has 18 heavy (non-hydrogen) atoms. The van der Waals surface area contributed by atoms with Crippen LogP contribution in [0.25, 0.3) is 0 Å². The Bertz CT molecular complexity index is 550. The van der Waals surface area contributed by atoms with E-state index in [-0.39, 0.29) is 17.4 Å². The lowest BCUT2D eigenvalue weighted by molar-refractivity contribution is -0.113. The number of carboxylic acids is 1. The summed E-state index contributed by atoms with van der Waals surface area (Å²) < 4.78 is 5.00. The lowest BCUT2D eigenvalue weighted by Crippen LogP contribution is -2.13. The Balaban J connectivity index is 1.83. The number of carbonyl (C=O) groups is 2. The molecule has 0 aliphatic carbocycles. The van der Waals surface area contributed by atoms with Crippen LogP contribution >= 0.6 is 23.1 Å². The second kappa shape index (κ2) is 5.69. The van der Waals surface area contributed by atoms with Crippen LogP contribution in [-0.2, 0) is 4.79 Å². The smallest absolute Gasteiger partial charge is 0.371 e. The molecule has 0 radical (unpaired) electrons. The summed E-state index contributed by atoms with van der Waals surface area (Å²) in [7, 11) is 0. The number of hydrogen-bond acceptors (Lipinski definition) is 6. The van der Waals surface area contributed by atoms with Gasteiger partial charge in [-0.1, -0.05) is 11.8 Å². The number of thioether (sulfide) groups is 1. The zero-order valence-corrected chi connectivity index (χ0v) is 10.6. The van der Waals surface area contributed by atoms with Gasteiger partial charge in [0.2, 0.25) is 11.7 Å². The summed E-state index contributed by atoms with van der Waals surface area (Å²) in [4.78, 5) is 26.0. The number of aromatic nitrogens is 1. The first-order valence-corrected chi connectivity index (χ1v) is 6.67. The molecule has 0 aromatic carbocycles. The number of furan rings is 1. The van der Waals surface area contributed by atoms with Crippen molar-refractivity contribution in [3.05, 3.63) is 29.5 Å². The van der Waals surface area contributed by atoms with E-state index >= 15 is 0 Å². The van der Waals surface area contributed by atoms with Gasteiger partial charge in [0.1, 0.15) is 0 Å². The SMILES string of the molecule is O=C(CSc1ccc(C(=O)O)o1)Nc1nccs1. The van der Waals surface area contributed by atoms with E-state index in [4.69, 9.17) is 9.52 Å². The van der Waals surface area contributed by atoms with E-state index in [1.807, 2.05) is 0 Å². The molecular weight excluding hydrogens is 276 g/mol. The van der Waals surface area contributed by atoms with Crippen LogP contribution in [0.3, 0.4) is 0 Å². The van der Waals surface area contributed by atoms with E-state index in [0.717, 1.165) is 11.8 Å². The number of carboxylic acid groups (broad SMARTS) is 1. The normalized spacial score (nSPS) is 10.2. The van der Waals surface area contributed by atoms with Crippen molar-refractivity contribution in [3.63, 3.8) is 0 Å². The molecule has 2 aromatic rings. The zero-order valence-electron chi connectivity index (χ0n) is 8.95. The van der Waals surface area contributed by atoms with E-state index in [1.54, 1.807) is 11.6 Å². The summed E-state index contributed by atoms with van der Waals surface area (Å²) in [5.74, 6) is -1.36. The highest BCUT2D eigenvalue weighted by Crippen LogP contribution is 2.21. The standard InChI is InChI=1S/C10H8N2O4S2/c13-7(12-10-11-3-4-17-10)5-18-8-2-1-6(16-8)9(14)15/h1-4H,5H2,(H,14,15)(H,11,12,13). The Morgan fingerprint density at radius 2 is 2.33 bits per heavy atom. The van der Waals surface area contributed by atoms with E-state index < -0.39 is 5.97 Å². The van der Waals surface area contributed by atoms with Crippen molar-refractivity contribution >= 4 is 40.1 Å². The molecule has 0 unspecified atom stereocenters. The van der Waals surface area contributed by atoms with Gasteiger partial charge in [-0.25, -0.2) is 9.78 Å². The maximum absolute atomic E-state index is 11.5. The molecular formula is C10H8N2O4S2. The number of rotatable bonds is 5. The molecule has 0 bridgehead atoms. The lowest BCUT2D eigenvalue weighted by Gasteiger charge is -1.99. The fourth-order valence-corrected chi connectivity index (χ4v) is 2.29. The molecule has 2 heterocycles. The first kappa shape index (κ1) is 12.7. The number of aromatic carboxylic acids is 1. The predicted molar refractivity (Wildman–Crippen MR) is 67.1 cm³/mol. The summed E-state index contributed by atoms with van der Waals surface area (Å²) in [6, 6.07) is 2.87. The fourth-order valence-electron chi connectivity index (χ4n) is 1.09. The molecule has 6 nitrogen and oxygen atoms in total. The van der Waals surface area contributed by atoms with E-state index in [2.05, 4.69) is 10.3 Å². The van der Waals surface area contributed by atoms with Gasteiger partial charge in [0.25, 0.3) is 0 Å². The number of thiazole rings is 1. The van der Waals surface area contributed by atoms with Crippen molar-refractivity contribution < 1.29 is 19.1 Å². The molecule has 2 rings (SSSR count). The van der Waals surface area contributed by atoms with Crippen LogP contribution < -0.4 is 5.32 Å². The van der Waals surface area contributed by atoms with E-state index in [0.29, 0.717) is 10.2 Å². The average Bonchev–Trinajstić information content (AvgIpc) is 2.96. The number of amides is 1. The Morgan fingerprint density at radius 3 is 2.94 bits per heavy atom. The summed E-state index contributed by atoms with van der Waals surface area (Å²) in [5, 5.41) is 14.0. The van der Waals surface area contributed by atoms with Gasteiger partial charge in [-0.05, 0) is 12.1 Å². The maximum atomic E-state index is 11.5. The minimum Gasteiger partial charge on any atom is -0.475 e. The summed E-state index contributed by atoms with van der Waals surface area (Å²) >= 11 is 2.45. The molecule has 0 aliphatic heterocycles. The Kier molecular flexibility index (Phi) is 4.00. The molecule has 8 heteroatoms. The molecule has 0 atom stereocenters. The summed E-state index contributed by atoms with van der Waals surface area (Å²) in [6.07, 6.45) is 1.60. The summed E-state index contributed by atoms with van der Waals surface area (Å²) in [6.45, 7) is 0. The van der Waals surface area contributed by atoms with Crippen molar-refractivity contribution in [2.75, 3.05) is 11.1 Å². The largest absolute Gasteiger partial charge is 0.475 e. The first-order valence-electron chi connectivity index (χ1n) is 4.80. The van der Waals surface area contributed by atoms with Gasteiger partial charge in [0.15, 0.2) is 10.2 Å². The molecule has 0 aliphatic rings. The van der Waals surface area contributed by atoms with Crippen molar-refractivity contribution in [1.29, 1.82) is 0 Å². The number of nitrogens with one attached hydrogen (secondary N) is 1. The van der Waals surface area contributed by atoms with Gasteiger partial charge in [-0.3, -0.25) is 4.79 Å². The van der Waals surface area contributed by atoms with Crippen LogP contribution in [0.4, 0.5) is 5.13 Å². The highest BCUT2D eigenvalue weighted by Gasteiger charge is 2.11. The molecule has 94 valence electrons. The van der Waals surface area contributed by atoms with Crippen molar-refractivity contribution in [2.45, 2.75) is 5.09 Å². The lowest BCUT2D eigenvalue weighted by atomic mass is 10.5. The Morgan fingerprint density at radius 1 is 1.50 bits per heavy atom. The van der Waals surface area contributed by atoms with Gasteiger partial charge in [-0.2, -0.15) is 0 Å². The molecule has 2 aromatic heterocycles. The third kappa shape index (κ3) is 3.34. The first-order chi connectivity index (χ1) is 8.65. The molecule has 0 fully saturated rings. The van der Waals surface area contributed by atoms with Gasteiger partial charge >= 0.3 is 5.97 Å². The predicted octanol–water partition coefficient (Wildman–Crippen LogP) is 2.17. The highest BCUT2D eigenvalue weighted by atomic mass is 32.2. The second-order valence-corrected chi connectivity index (χ2v) is 4.97. The molecule has 2 N–H and O–H groups in total. The van der Waals surface area contributed by atoms with Gasteiger partial charge < -0.3 is 14.8 Å². The van der Waals surface area contributed by atoms with Crippen molar-refractivity contribution in [1.82, 2.24) is 4.98 Å². The van der Waals surface area contributed by atoms with E-state index in [9.17, 15) is 9.59 Å². The van der Waals surface area contributed by atoms with Gasteiger partial charge in [0, 0.05) is 11.6 Å². The van der Waals surface area contributed by atoms with Crippen LogP contribution in [0.2, 0.25) is 0 Å². The van der Waals surface area contributed by atoms with Crippen LogP contribution in [0.1, 0.15) is 10.6 Å². The highest BCUT2D eigenvalue weighted by molar-refractivity contribution is 7.99. The van der Waals surface area contributed by atoms with Crippen molar-refractivity contribution in [3.8, 4) is 0 Å². The summed E-state index contributed by atoms with van der Waals surface area (Å²) in [5.41, 5.74) is 0. The topological polar surface area (TPSA) is 92.4 Å². The number of carbonyl (C=O) groups excluding carboxylic acids is 1. The van der Waals surface area contributed by atoms with Crippen LogP contribution in [0.5, 0.6) is 0 Å². The second-order valence-electron chi connectivity index (χ2n) is 3.10. The third-order valence-electron chi connectivity index (χ3n) is 1.82. The van der Waals surface area contributed by atoms with Crippen LogP contribution in [0, 0.1) is 0 Å². The monoisotopic (exact) mass is 284 g/mol. The zero-order chi connectivity index (χ0) is 13.0. The maximum Gasteiger partial charge on any atom is 0.371 e. The Labute approximate surface area is 110 Å². The minimum absolute atomic E-state index is 0.131. The van der Waals surface area contributed by atoms with Crippen LogP contribution in [-0.4, -0.2) is 27.7 Å². The van der Waals surface area contributed by atoms with Gasteiger partial charge in [-0.15, -0.1) is 11.3 Å². The van der Waals surface area contributed by atoms with E-state index in [1.165, 1.54) is 23.5 Å². The average molecular weight is 284 g/mol. The number of anilines is 1. The Hall–Kier alpha value is -1.80. The van der Waals surface area contributed by atoms with Crippen LogP contribution in [0.15, 0.2) is 33.2 Å².